The standard InChI is InChI=1S/C52H36N2/c1-4-16-37(17-5-1)39-22-12-27-45(32-39)53(46-28-13-23-40(33-46)38-18-6-2-7-19-38)47-29-14-24-43(34-47)48-30-15-31-50-52(48)49-35-41-20-10-11-21-42(41)36-51(49)54(50)44-25-8-3-9-26-44/h1-36H. The summed E-state index contributed by atoms with van der Waals surface area (Å²) in [6.07, 6.45) is 0. The van der Waals surface area contributed by atoms with Crippen molar-refractivity contribution in [2.75, 3.05) is 4.90 Å². The fourth-order valence-corrected chi connectivity index (χ4v) is 8.02. The molecule has 0 spiro atoms. The largest absolute Gasteiger partial charge is 0.310 e. The minimum atomic E-state index is 1.09. The van der Waals surface area contributed by atoms with Gasteiger partial charge in [0.05, 0.1) is 11.0 Å². The van der Waals surface area contributed by atoms with Crippen LogP contribution in [0, 0.1) is 0 Å². The van der Waals surface area contributed by atoms with Crippen LogP contribution in [0.5, 0.6) is 0 Å². The number of anilines is 3. The van der Waals surface area contributed by atoms with Gasteiger partial charge in [-0.25, -0.2) is 0 Å². The Labute approximate surface area is 315 Å². The first-order valence-corrected chi connectivity index (χ1v) is 18.5. The van der Waals surface area contributed by atoms with Crippen molar-refractivity contribution in [2.45, 2.75) is 0 Å². The van der Waals surface area contributed by atoms with Crippen LogP contribution in [0.1, 0.15) is 0 Å². The van der Waals surface area contributed by atoms with Crippen molar-refractivity contribution >= 4 is 49.6 Å². The van der Waals surface area contributed by atoms with E-state index in [0.717, 1.165) is 22.7 Å². The molecule has 10 aromatic rings. The maximum atomic E-state index is 2.42. The second kappa shape index (κ2) is 13.4. The van der Waals surface area contributed by atoms with E-state index in [-0.39, 0.29) is 0 Å². The number of para-hydroxylation sites is 1. The van der Waals surface area contributed by atoms with Gasteiger partial charge in [-0.15, -0.1) is 0 Å². The summed E-state index contributed by atoms with van der Waals surface area (Å²) in [5.74, 6) is 0. The van der Waals surface area contributed by atoms with Crippen molar-refractivity contribution in [2.24, 2.45) is 0 Å². The van der Waals surface area contributed by atoms with E-state index < -0.39 is 0 Å². The lowest BCUT2D eigenvalue weighted by atomic mass is 9.97. The first-order chi connectivity index (χ1) is 26.8. The summed E-state index contributed by atoms with van der Waals surface area (Å²) >= 11 is 0. The average molecular weight is 689 g/mol. The zero-order valence-electron chi connectivity index (χ0n) is 29.7. The lowest BCUT2D eigenvalue weighted by Gasteiger charge is -2.27. The number of benzene rings is 9. The smallest absolute Gasteiger partial charge is 0.0547 e. The summed E-state index contributed by atoms with van der Waals surface area (Å²) in [5.41, 5.74) is 14.0. The molecule has 0 radical (unpaired) electrons. The number of fused-ring (bicyclic) bond motifs is 4. The van der Waals surface area contributed by atoms with Gasteiger partial charge in [0, 0.05) is 33.5 Å². The second-order valence-electron chi connectivity index (χ2n) is 13.8. The van der Waals surface area contributed by atoms with Crippen LogP contribution in [0.3, 0.4) is 0 Å². The van der Waals surface area contributed by atoms with E-state index >= 15 is 0 Å². The Balaban J connectivity index is 1.19. The molecule has 0 aliphatic heterocycles. The molecule has 2 nitrogen and oxygen atoms in total. The second-order valence-corrected chi connectivity index (χ2v) is 13.8. The van der Waals surface area contributed by atoms with Gasteiger partial charge in [0.2, 0.25) is 0 Å². The molecular formula is C52H36N2. The number of hydrogen-bond acceptors (Lipinski definition) is 1. The predicted molar refractivity (Wildman–Crippen MR) is 229 cm³/mol. The van der Waals surface area contributed by atoms with Crippen molar-refractivity contribution in [1.29, 1.82) is 0 Å². The molecule has 0 aliphatic rings. The van der Waals surface area contributed by atoms with Gasteiger partial charge in [0.1, 0.15) is 0 Å². The highest BCUT2D eigenvalue weighted by molar-refractivity contribution is 6.18. The highest BCUT2D eigenvalue weighted by Crippen LogP contribution is 2.43. The Morgan fingerprint density at radius 2 is 0.778 bits per heavy atom. The molecule has 0 unspecified atom stereocenters. The third-order valence-electron chi connectivity index (χ3n) is 10.5. The maximum Gasteiger partial charge on any atom is 0.0547 e. The normalized spacial score (nSPS) is 11.3. The molecule has 0 N–H and O–H groups in total. The van der Waals surface area contributed by atoms with Gasteiger partial charge in [-0.2, -0.15) is 0 Å². The average Bonchev–Trinajstić information content (AvgIpc) is 3.57. The summed E-state index contributed by atoms with van der Waals surface area (Å²) in [5, 5.41) is 4.97. The van der Waals surface area contributed by atoms with E-state index in [2.05, 4.69) is 228 Å². The summed E-state index contributed by atoms with van der Waals surface area (Å²) < 4.78 is 2.42. The van der Waals surface area contributed by atoms with Crippen LogP contribution in [0.15, 0.2) is 218 Å². The van der Waals surface area contributed by atoms with E-state index in [4.69, 9.17) is 0 Å². The first-order valence-electron chi connectivity index (χ1n) is 18.5. The third kappa shape index (κ3) is 5.62. The van der Waals surface area contributed by atoms with Crippen LogP contribution in [-0.4, -0.2) is 4.57 Å². The summed E-state index contributed by atoms with van der Waals surface area (Å²) in [6.45, 7) is 0. The summed E-state index contributed by atoms with van der Waals surface area (Å²) in [7, 11) is 0. The van der Waals surface area contributed by atoms with Gasteiger partial charge in [0.15, 0.2) is 0 Å². The predicted octanol–water partition coefficient (Wildman–Crippen LogP) is 14.4. The van der Waals surface area contributed by atoms with Crippen molar-refractivity contribution in [1.82, 2.24) is 4.57 Å². The lowest BCUT2D eigenvalue weighted by Crippen LogP contribution is -2.10. The maximum absolute atomic E-state index is 2.42. The van der Waals surface area contributed by atoms with E-state index in [9.17, 15) is 0 Å². The van der Waals surface area contributed by atoms with Crippen LogP contribution < -0.4 is 4.90 Å². The summed E-state index contributed by atoms with van der Waals surface area (Å²) in [6, 6.07) is 78.9. The van der Waals surface area contributed by atoms with Crippen molar-refractivity contribution in [3.8, 4) is 39.1 Å². The SMILES string of the molecule is c1ccc(-c2cccc(N(c3cccc(-c4ccccc4)c3)c3cccc(-c4cccc5c4c4cc6ccccc6cc4n5-c4ccccc4)c3)c2)cc1. The topological polar surface area (TPSA) is 8.17 Å². The van der Waals surface area contributed by atoms with Crippen molar-refractivity contribution in [3.63, 3.8) is 0 Å². The third-order valence-corrected chi connectivity index (χ3v) is 10.5. The molecule has 0 bridgehead atoms. The molecule has 0 aliphatic carbocycles. The summed E-state index contributed by atoms with van der Waals surface area (Å²) in [4.78, 5) is 2.39. The monoisotopic (exact) mass is 688 g/mol. The first kappa shape index (κ1) is 31.6. The fourth-order valence-electron chi connectivity index (χ4n) is 8.02. The Morgan fingerprint density at radius 3 is 1.37 bits per heavy atom. The van der Waals surface area contributed by atoms with Crippen LogP contribution in [-0.2, 0) is 0 Å². The quantitative estimate of drug-likeness (QED) is 0.162. The van der Waals surface area contributed by atoms with Gasteiger partial charge >= 0.3 is 0 Å². The molecule has 1 aromatic heterocycles. The molecule has 0 amide bonds. The molecule has 1 heterocycles. The van der Waals surface area contributed by atoms with Crippen LogP contribution >= 0.6 is 0 Å². The molecule has 0 saturated carbocycles. The molecule has 54 heavy (non-hydrogen) atoms. The highest BCUT2D eigenvalue weighted by atomic mass is 15.1. The van der Waals surface area contributed by atoms with E-state index in [1.165, 1.54) is 66.0 Å². The Hall–Kier alpha value is -7.16. The van der Waals surface area contributed by atoms with Gasteiger partial charge in [-0.1, -0.05) is 152 Å². The molecular weight excluding hydrogens is 653 g/mol. The number of rotatable bonds is 7. The number of hydrogen-bond donors (Lipinski definition) is 0. The minimum absolute atomic E-state index is 1.09. The highest BCUT2D eigenvalue weighted by Gasteiger charge is 2.19. The zero-order valence-corrected chi connectivity index (χ0v) is 29.7. The van der Waals surface area contributed by atoms with Crippen LogP contribution in [0.25, 0.3) is 71.6 Å². The van der Waals surface area contributed by atoms with Gasteiger partial charge in [0.25, 0.3) is 0 Å². The zero-order chi connectivity index (χ0) is 35.8. The fraction of sp³-hybridized carbons (Fsp3) is 0. The van der Waals surface area contributed by atoms with Gasteiger partial charge in [-0.3, -0.25) is 0 Å². The molecule has 2 heteroatoms. The van der Waals surface area contributed by atoms with Gasteiger partial charge in [-0.05, 0) is 111 Å². The molecule has 0 atom stereocenters. The minimum Gasteiger partial charge on any atom is -0.310 e. The van der Waals surface area contributed by atoms with Gasteiger partial charge < -0.3 is 9.47 Å². The Bertz CT molecular complexity index is 2840. The molecule has 10 rings (SSSR count). The molecule has 254 valence electrons. The van der Waals surface area contributed by atoms with E-state index in [0.29, 0.717) is 0 Å². The van der Waals surface area contributed by atoms with Crippen LogP contribution in [0.4, 0.5) is 17.1 Å². The molecule has 0 fully saturated rings. The Morgan fingerprint density at radius 1 is 0.315 bits per heavy atom. The van der Waals surface area contributed by atoms with E-state index in [1.54, 1.807) is 0 Å². The Kier molecular flexibility index (Phi) is 7.85. The lowest BCUT2D eigenvalue weighted by molar-refractivity contribution is 1.18. The number of nitrogens with zero attached hydrogens (tertiary/aromatic N) is 2. The molecule has 0 saturated heterocycles. The molecule has 9 aromatic carbocycles. The van der Waals surface area contributed by atoms with E-state index in [1.807, 2.05) is 0 Å². The number of aromatic nitrogens is 1. The van der Waals surface area contributed by atoms with Crippen LogP contribution in [0.2, 0.25) is 0 Å². The van der Waals surface area contributed by atoms with Crippen molar-refractivity contribution in [3.05, 3.63) is 218 Å². The van der Waals surface area contributed by atoms with Crippen molar-refractivity contribution < 1.29 is 0 Å².